The van der Waals surface area contributed by atoms with Crippen molar-refractivity contribution in [2.75, 3.05) is 0 Å². The van der Waals surface area contributed by atoms with Gasteiger partial charge in [-0.2, -0.15) is 0 Å². The molecule has 78 valence electrons. The van der Waals surface area contributed by atoms with Crippen LogP contribution in [-0.4, -0.2) is 24.6 Å². The second-order valence-corrected chi connectivity index (χ2v) is 4.00. The second-order valence-electron chi connectivity index (χ2n) is 4.00. The first-order valence-electron chi connectivity index (χ1n) is 5.07. The van der Waals surface area contributed by atoms with Crippen LogP contribution >= 0.6 is 0 Å². The Morgan fingerprint density at radius 1 is 1.43 bits per heavy atom. The number of hydrogen-bond donors (Lipinski definition) is 0. The summed E-state index contributed by atoms with van der Waals surface area (Å²) in [6, 6.07) is 0. The molecule has 0 amide bonds. The molecule has 3 unspecified atom stereocenters. The Bertz CT molecular complexity index is 235. The second kappa shape index (κ2) is 3.59. The number of hydrogen-bond acceptors (Lipinski definition) is 4. The number of carbonyl (C=O) groups excluding carboxylic acids is 2. The Kier molecular flexibility index (Phi) is 2.44. The highest BCUT2D eigenvalue weighted by atomic mass is 16.8. The smallest absolute Gasteiger partial charge is 0.427 e. The molecular weight excluding hydrogens is 184 g/mol. The number of aldehydes is 1. The lowest BCUT2D eigenvalue weighted by molar-refractivity contribution is -0.112. The molecule has 2 rings (SSSR count). The van der Waals surface area contributed by atoms with Gasteiger partial charge in [0.05, 0.1) is 0 Å². The fraction of sp³-hybridized carbons (Fsp3) is 0.800. The third kappa shape index (κ3) is 1.49. The first-order chi connectivity index (χ1) is 6.74. The number of carbonyl (C=O) groups is 2. The number of rotatable bonds is 3. The fourth-order valence-electron chi connectivity index (χ4n) is 2.41. The summed E-state index contributed by atoms with van der Waals surface area (Å²) in [4.78, 5) is 21.5. The van der Waals surface area contributed by atoms with Crippen molar-refractivity contribution in [2.24, 2.45) is 11.8 Å². The highest BCUT2D eigenvalue weighted by Gasteiger charge is 2.46. The van der Waals surface area contributed by atoms with Gasteiger partial charge in [-0.1, -0.05) is 6.92 Å². The molecule has 1 saturated carbocycles. The van der Waals surface area contributed by atoms with Gasteiger partial charge in [-0.3, -0.25) is 0 Å². The highest BCUT2D eigenvalue weighted by Crippen LogP contribution is 2.39. The molecule has 1 aliphatic heterocycles. The Morgan fingerprint density at radius 3 is 2.43 bits per heavy atom. The molecule has 1 heterocycles. The molecule has 0 N–H and O–H groups in total. The first kappa shape index (κ1) is 9.49. The first-order valence-corrected chi connectivity index (χ1v) is 5.07. The molecule has 4 heteroatoms. The Labute approximate surface area is 82.6 Å². The van der Waals surface area contributed by atoms with E-state index in [-0.39, 0.29) is 18.1 Å². The third-order valence-electron chi connectivity index (χ3n) is 3.23. The largest absolute Gasteiger partial charge is 0.509 e. The predicted molar refractivity (Wildman–Crippen MR) is 47.7 cm³/mol. The summed E-state index contributed by atoms with van der Waals surface area (Å²) in [6.45, 7) is 2.00. The normalized spacial score (nSPS) is 37.2. The van der Waals surface area contributed by atoms with Crippen molar-refractivity contribution >= 4 is 12.4 Å². The molecule has 4 nitrogen and oxygen atoms in total. The molecule has 0 aromatic rings. The maximum Gasteiger partial charge on any atom is 0.509 e. The molecule has 0 bridgehead atoms. The van der Waals surface area contributed by atoms with Crippen LogP contribution in [-0.2, 0) is 14.3 Å². The van der Waals surface area contributed by atoms with E-state index in [9.17, 15) is 9.59 Å². The van der Waals surface area contributed by atoms with E-state index in [1.54, 1.807) is 0 Å². The quantitative estimate of drug-likeness (QED) is 0.509. The highest BCUT2D eigenvalue weighted by molar-refractivity contribution is 5.63. The molecule has 0 aromatic heterocycles. The average molecular weight is 198 g/mol. The van der Waals surface area contributed by atoms with E-state index in [2.05, 4.69) is 0 Å². The lowest BCUT2D eigenvalue weighted by atomic mass is 9.90. The van der Waals surface area contributed by atoms with Crippen molar-refractivity contribution in [3.63, 3.8) is 0 Å². The van der Waals surface area contributed by atoms with Gasteiger partial charge in [0.25, 0.3) is 0 Å². The standard InChI is InChI=1S/C10H14O4/c1-2-6(5-11)7-3-8-9(4-7)14-10(12)13-8/h5-9H,2-4H2,1H3. The summed E-state index contributed by atoms with van der Waals surface area (Å²) in [5.41, 5.74) is 0. The van der Waals surface area contributed by atoms with E-state index in [0.29, 0.717) is 5.92 Å². The van der Waals surface area contributed by atoms with E-state index in [1.807, 2.05) is 6.92 Å². The zero-order chi connectivity index (χ0) is 10.1. The van der Waals surface area contributed by atoms with Crippen LogP contribution in [0.4, 0.5) is 4.79 Å². The van der Waals surface area contributed by atoms with Gasteiger partial charge in [-0.15, -0.1) is 0 Å². The molecule has 3 atom stereocenters. The van der Waals surface area contributed by atoms with E-state index < -0.39 is 6.16 Å². The van der Waals surface area contributed by atoms with Crippen LogP contribution in [0.1, 0.15) is 26.2 Å². The summed E-state index contributed by atoms with van der Waals surface area (Å²) in [7, 11) is 0. The summed E-state index contributed by atoms with van der Waals surface area (Å²) in [5, 5.41) is 0. The van der Waals surface area contributed by atoms with Gasteiger partial charge in [-0.25, -0.2) is 4.79 Å². The van der Waals surface area contributed by atoms with Crippen molar-refractivity contribution in [2.45, 2.75) is 38.4 Å². The topological polar surface area (TPSA) is 52.6 Å². The van der Waals surface area contributed by atoms with Gasteiger partial charge in [-0.05, 0) is 25.2 Å². The van der Waals surface area contributed by atoms with Crippen molar-refractivity contribution in [1.29, 1.82) is 0 Å². The summed E-state index contributed by atoms with van der Waals surface area (Å²) < 4.78 is 9.96. The minimum absolute atomic E-state index is 0.0860. The molecule has 2 aliphatic rings. The summed E-state index contributed by atoms with van der Waals surface area (Å²) in [6.07, 6.45) is 2.62. The van der Waals surface area contributed by atoms with Crippen LogP contribution in [0.5, 0.6) is 0 Å². The van der Waals surface area contributed by atoms with E-state index in [4.69, 9.17) is 9.47 Å². The van der Waals surface area contributed by atoms with Crippen LogP contribution in [0.2, 0.25) is 0 Å². The Hall–Kier alpha value is -1.06. The maximum atomic E-state index is 10.8. The lowest BCUT2D eigenvalue weighted by Gasteiger charge is -2.15. The predicted octanol–water partition coefficient (Wildman–Crippen LogP) is 1.53. The van der Waals surface area contributed by atoms with Crippen LogP contribution in [0.15, 0.2) is 0 Å². The van der Waals surface area contributed by atoms with E-state index >= 15 is 0 Å². The van der Waals surface area contributed by atoms with E-state index in [1.165, 1.54) is 0 Å². The Balaban J connectivity index is 1.96. The molecule has 1 saturated heterocycles. The monoisotopic (exact) mass is 198 g/mol. The molecule has 2 fully saturated rings. The number of ether oxygens (including phenoxy) is 2. The minimum Gasteiger partial charge on any atom is -0.427 e. The van der Waals surface area contributed by atoms with Crippen LogP contribution in [0, 0.1) is 11.8 Å². The van der Waals surface area contributed by atoms with Crippen LogP contribution in [0.25, 0.3) is 0 Å². The maximum absolute atomic E-state index is 10.8. The van der Waals surface area contributed by atoms with Gasteiger partial charge in [0.15, 0.2) is 0 Å². The average Bonchev–Trinajstić information content (AvgIpc) is 2.63. The Morgan fingerprint density at radius 2 is 2.00 bits per heavy atom. The van der Waals surface area contributed by atoms with Gasteiger partial charge in [0, 0.05) is 5.92 Å². The van der Waals surface area contributed by atoms with Gasteiger partial charge in [0.2, 0.25) is 0 Å². The third-order valence-corrected chi connectivity index (χ3v) is 3.23. The molecular formula is C10H14O4. The summed E-state index contributed by atoms with van der Waals surface area (Å²) in [5.74, 6) is 0.406. The van der Waals surface area contributed by atoms with Gasteiger partial charge in [0.1, 0.15) is 18.5 Å². The molecule has 1 aliphatic carbocycles. The van der Waals surface area contributed by atoms with Crippen molar-refractivity contribution in [3.05, 3.63) is 0 Å². The molecule has 0 aromatic carbocycles. The van der Waals surface area contributed by atoms with Crippen molar-refractivity contribution in [1.82, 2.24) is 0 Å². The fourth-order valence-corrected chi connectivity index (χ4v) is 2.41. The molecule has 0 spiro atoms. The zero-order valence-electron chi connectivity index (χ0n) is 8.14. The van der Waals surface area contributed by atoms with Crippen LogP contribution in [0.3, 0.4) is 0 Å². The zero-order valence-corrected chi connectivity index (χ0v) is 8.14. The lowest BCUT2D eigenvalue weighted by Crippen LogP contribution is -2.15. The van der Waals surface area contributed by atoms with E-state index in [0.717, 1.165) is 25.5 Å². The minimum atomic E-state index is -0.558. The number of fused-ring (bicyclic) bond motifs is 1. The summed E-state index contributed by atoms with van der Waals surface area (Å²) >= 11 is 0. The SMILES string of the molecule is CCC(C=O)C1CC2OC(=O)OC2C1. The van der Waals surface area contributed by atoms with Gasteiger partial charge < -0.3 is 14.3 Å². The van der Waals surface area contributed by atoms with Crippen molar-refractivity contribution in [3.8, 4) is 0 Å². The molecule has 14 heavy (non-hydrogen) atoms. The van der Waals surface area contributed by atoms with Crippen LogP contribution < -0.4 is 0 Å². The van der Waals surface area contributed by atoms with Gasteiger partial charge >= 0.3 is 6.16 Å². The van der Waals surface area contributed by atoms with Crippen molar-refractivity contribution < 1.29 is 19.1 Å². The molecule has 0 radical (unpaired) electrons.